The van der Waals surface area contributed by atoms with Gasteiger partial charge in [0.1, 0.15) is 18.3 Å². The zero-order chi connectivity index (χ0) is 31.4. The van der Waals surface area contributed by atoms with E-state index in [1.54, 1.807) is 0 Å². The number of esters is 3. The second-order valence-electron chi connectivity index (χ2n) is 13.9. The van der Waals surface area contributed by atoms with E-state index in [1.165, 1.54) is 6.92 Å². The second-order valence-corrected chi connectivity index (χ2v) is 13.9. The van der Waals surface area contributed by atoms with E-state index in [4.69, 9.17) is 14.2 Å². The van der Waals surface area contributed by atoms with Crippen molar-refractivity contribution in [2.24, 2.45) is 11.8 Å². The molecule has 10 atom stereocenters. The highest BCUT2D eigenvalue weighted by Gasteiger charge is 2.61. The monoisotopic (exact) mass is 616 g/mol. The van der Waals surface area contributed by atoms with E-state index in [0.29, 0.717) is 32.1 Å². The Morgan fingerprint density at radius 2 is 1.11 bits per heavy atom. The molecule has 10 unspecified atom stereocenters. The topological polar surface area (TPSA) is 106 Å². The molecular formula is C36H44N2O7. The van der Waals surface area contributed by atoms with Crippen LogP contribution in [0, 0.1) is 11.8 Å². The number of hydrogen-bond acceptors (Lipinski definition) is 9. The van der Waals surface area contributed by atoms with Gasteiger partial charge < -0.3 is 19.3 Å². The highest BCUT2D eigenvalue weighted by atomic mass is 16.6. The average Bonchev–Trinajstić information content (AvgIpc) is 3.24. The van der Waals surface area contributed by atoms with Gasteiger partial charge in [-0.3, -0.25) is 24.2 Å². The summed E-state index contributed by atoms with van der Waals surface area (Å²) in [5.74, 6) is -2.74. The van der Waals surface area contributed by atoms with E-state index < -0.39 is 17.9 Å². The van der Waals surface area contributed by atoms with Crippen molar-refractivity contribution in [3.8, 4) is 0 Å². The number of rotatable bonds is 7. The molecule has 2 aromatic carbocycles. The Hall–Kier alpha value is -3.27. The summed E-state index contributed by atoms with van der Waals surface area (Å²) in [5.41, 5.74) is 1.84. The van der Waals surface area contributed by atoms with Crippen LogP contribution in [0.3, 0.4) is 0 Å². The molecule has 9 heteroatoms. The largest absolute Gasteiger partial charge is 0.462 e. The molecule has 4 saturated heterocycles. The lowest BCUT2D eigenvalue weighted by molar-refractivity contribution is -0.177. The molecule has 5 aliphatic rings. The lowest BCUT2D eigenvalue weighted by atomic mass is 9.52. The fourth-order valence-electron chi connectivity index (χ4n) is 9.31. The molecule has 4 heterocycles. The van der Waals surface area contributed by atoms with Gasteiger partial charge in [-0.1, -0.05) is 60.7 Å². The summed E-state index contributed by atoms with van der Waals surface area (Å²) < 4.78 is 18.2. The molecule has 2 aromatic rings. The highest BCUT2D eigenvalue weighted by Crippen LogP contribution is 2.59. The third-order valence-electron chi connectivity index (χ3n) is 11.5. The van der Waals surface area contributed by atoms with Crippen LogP contribution in [0.5, 0.6) is 0 Å². The molecule has 0 amide bonds. The smallest absolute Gasteiger partial charge is 0.310 e. The number of aliphatic hydroxyl groups excluding tert-OH is 1. The number of carbonyl (C=O) groups excluding carboxylic acids is 3. The molecule has 240 valence electrons. The van der Waals surface area contributed by atoms with Crippen LogP contribution in [0.1, 0.15) is 68.4 Å². The zero-order valence-corrected chi connectivity index (χ0v) is 26.2. The molecule has 9 nitrogen and oxygen atoms in total. The Morgan fingerprint density at radius 1 is 0.644 bits per heavy atom. The quantitative estimate of drug-likeness (QED) is 0.369. The van der Waals surface area contributed by atoms with Crippen LogP contribution in [0.15, 0.2) is 60.7 Å². The number of likely N-dealkylation sites (N-methyl/N-ethyl adjacent to an activating group) is 2. The average molecular weight is 617 g/mol. The normalized spacial score (nSPS) is 39.1. The maximum absolute atomic E-state index is 14.3. The molecule has 1 aliphatic carbocycles. The zero-order valence-electron chi connectivity index (χ0n) is 26.2. The minimum atomic E-state index is -0.551. The summed E-state index contributed by atoms with van der Waals surface area (Å²) in [7, 11) is 4.08. The van der Waals surface area contributed by atoms with Crippen LogP contribution in [-0.2, 0) is 28.6 Å². The number of ether oxygens (including phenoxy) is 3. The lowest BCUT2D eigenvalue weighted by Crippen LogP contribution is -2.54. The standard InChI is InChI=1S/C36H44N2O7/c1-20(39)43-30-17-24-15-26(19-28(30)38(24)3)45-36(42)34-31(21-10-6-4-7-11-21)33(32(34)22-12-8-5-9-13-22)35(41)44-25-14-23-16-29(40)27(18-25)37(23)2/h4-13,23-34,40H,14-19H2,1-3H3. The van der Waals surface area contributed by atoms with E-state index in [-0.39, 0.29) is 72.2 Å². The van der Waals surface area contributed by atoms with Gasteiger partial charge in [0.25, 0.3) is 0 Å². The molecule has 0 radical (unpaired) electrons. The molecule has 0 aromatic heterocycles. The van der Waals surface area contributed by atoms with Crippen molar-refractivity contribution in [1.82, 2.24) is 9.80 Å². The number of aliphatic hydroxyl groups is 1. The maximum Gasteiger partial charge on any atom is 0.310 e. The fraction of sp³-hybridized carbons (Fsp3) is 0.583. The number of hydrogen-bond donors (Lipinski definition) is 1. The first kappa shape index (κ1) is 30.4. The van der Waals surface area contributed by atoms with Gasteiger partial charge in [0.05, 0.1) is 24.0 Å². The second kappa shape index (κ2) is 12.2. The van der Waals surface area contributed by atoms with E-state index >= 15 is 0 Å². The molecule has 0 spiro atoms. The Bertz CT molecular complexity index is 1360. The van der Waals surface area contributed by atoms with Crippen LogP contribution in [0.4, 0.5) is 0 Å². The van der Waals surface area contributed by atoms with Crippen molar-refractivity contribution in [2.75, 3.05) is 14.1 Å². The molecule has 7 rings (SSSR count). The minimum Gasteiger partial charge on any atom is -0.462 e. The SMILES string of the molecule is CC(=O)OC1CC2CC(OC(=O)C3C(c4ccccc4)C(C(=O)OC4CC5CC(O)C(C4)N5C)C3c3ccccc3)CC1N2C. The van der Waals surface area contributed by atoms with Gasteiger partial charge in [-0.15, -0.1) is 0 Å². The molecule has 4 aliphatic heterocycles. The summed E-state index contributed by atoms with van der Waals surface area (Å²) >= 11 is 0. The fourth-order valence-corrected chi connectivity index (χ4v) is 9.31. The predicted octanol–water partition coefficient (Wildman–Crippen LogP) is 3.65. The van der Waals surface area contributed by atoms with Crippen molar-refractivity contribution in [1.29, 1.82) is 0 Å². The molecule has 45 heavy (non-hydrogen) atoms. The van der Waals surface area contributed by atoms with E-state index in [1.807, 2.05) is 74.8 Å². The minimum absolute atomic E-state index is 0.00718. The molecule has 4 bridgehead atoms. The van der Waals surface area contributed by atoms with E-state index in [9.17, 15) is 19.5 Å². The van der Waals surface area contributed by atoms with Gasteiger partial charge >= 0.3 is 17.9 Å². The van der Waals surface area contributed by atoms with Gasteiger partial charge in [0, 0.05) is 69.0 Å². The Kier molecular flexibility index (Phi) is 8.21. The van der Waals surface area contributed by atoms with Crippen molar-refractivity contribution in [3.05, 3.63) is 71.8 Å². The Balaban J connectivity index is 1.14. The van der Waals surface area contributed by atoms with Crippen molar-refractivity contribution >= 4 is 17.9 Å². The maximum atomic E-state index is 14.3. The van der Waals surface area contributed by atoms with Gasteiger partial charge in [-0.25, -0.2) is 0 Å². The third kappa shape index (κ3) is 5.57. The Morgan fingerprint density at radius 3 is 1.60 bits per heavy atom. The summed E-state index contributed by atoms with van der Waals surface area (Å²) in [5, 5.41) is 10.5. The number of benzene rings is 2. The van der Waals surface area contributed by atoms with Crippen molar-refractivity contribution in [2.45, 2.75) is 106 Å². The first-order chi connectivity index (χ1) is 21.7. The van der Waals surface area contributed by atoms with Crippen LogP contribution in [-0.4, -0.2) is 95.5 Å². The highest BCUT2D eigenvalue weighted by molar-refractivity contribution is 5.85. The first-order valence-corrected chi connectivity index (χ1v) is 16.5. The van der Waals surface area contributed by atoms with Gasteiger partial charge in [0.15, 0.2) is 0 Å². The summed E-state index contributed by atoms with van der Waals surface area (Å²) in [6.45, 7) is 1.44. The molecular weight excluding hydrogens is 572 g/mol. The van der Waals surface area contributed by atoms with Crippen molar-refractivity contribution < 1.29 is 33.7 Å². The van der Waals surface area contributed by atoms with Gasteiger partial charge in [-0.2, -0.15) is 0 Å². The summed E-state index contributed by atoms with van der Waals surface area (Å²) in [4.78, 5) is 44.6. The van der Waals surface area contributed by atoms with Crippen LogP contribution in [0.2, 0.25) is 0 Å². The van der Waals surface area contributed by atoms with E-state index in [0.717, 1.165) is 17.5 Å². The molecule has 1 N–H and O–H groups in total. The van der Waals surface area contributed by atoms with Crippen LogP contribution >= 0.6 is 0 Å². The third-order valence-corrected chi connectivity index (χ3v) is 11.5. The van der Waals surface area contributed by atoms with Crippen LogP contribution < -0.4 is 0 Å². The number of carbonyl (C=O) groups is 3. The molecule has 1 saturated carbocycles. The van der Waals surface area contributed by atoms with E-state index in [2.05, 4.69) is 9.80 Å². The predicted molar refractivity (Wildman–Crippen MR) is 165 cm³/mol. The van der Waals surface area contributed by atoms with Gasteiger partial charge in [-0.05, 0) is 31.6 Å². The van der Waals surface area contributed by atoms with Gasteiger partial charge in [0.2, 0.25) is 0 Å². The van der Waals surface area contributed by atoms with Crippen molar-refractivity contribution in [3.63, 3.8) is 0 Å². The summed E-state index contributed by atoms with van der Waals surface area (Å²) in [6.07, 6.45) is 2.88. The molecule has 5 fully saturated rings. The van der Waals surface area contributed by atoms with Crippen LogP contribution in [0.25, 0.3) is 0 Å². The number of fused-ring (bicyclic) bond motifs is 4. The number of piperidine rings is 2. The number of nitrogens with zero attached hydrogens (tertiary/aromatic N) is 2. The summed E-state index contributed by atoms with van der Waals surface area (Å²) in [6, 6.07) is 19.9. The Labute approximate surface area is 264 Å². The first-order valence-electron chi connectivity index (χ1n) is 16.5. The lowest BCUT2D eigenvalue weighted by Gasteiger charge is -2.50.